The first-order valence-electron chi connectivity index (χ1n) is 4.38. The molecule has 2 aromatic heterocycles. The molecule has 0 amide bonds. The van der Waals surface area contributed by atoms with Crippen molar-refractivity contribution in [1.29, 1.82) is 0 Å². The number of pyridine rings is 1. The van der Waals surface area contributed by atoms with E-state index in [1.54, 1.807) is 13.0 Å². The van der Waals surface area contributed by atoms with Gasteiger partial charge in [-0.3, -0.25) is 9.78 Å². The number of hydrogen-bond acceptors (Lipinski definition) is 3. The van der Waals surface area contributed by atoms with E-state index < -0.39 is 11.6 Å². The van der Waals surface area contributed by atoms with Gasteiger partial charge in [0.15, 0.2) is 11.6 Å². The van der Waals surface area contributed by atoms with Crippen LogP contribution < -0.4 is 0 Å². The number of aromatic nitrogens is 1. The first kappa shape index (κ1) is 9.58. The van der Waals surface area contributed by atoms with Crippen LogP contribution in [0.25, 0.3) is 0 Å². The molecule has 0 saturated heterocycles. The van der Waals surface area contributed by atoms with E-state index in [9.17, 15) is 9.18 Å². The number of hydrogen-bond donors (Lipinski definition) is 0. The van der Waals surface area contributed by atoms with Crippen LogP contribution in [0.15, 0.2) is 35.2 Å². The van der Waals surface area contributed by atoms with E-state index in [-0.39, 0.29) is 11.3 Å². The topological polar surface area (TPSA) is 43.1 Å². The standard InChI is InChI=1S/C11H8FNO2/c1-7-3-5-15-11(7)10(14)8-2-4-13-6-9(8)12/h2-6H,1H3. The van der Waals surface area contributed by atoms with Gasteiger partial charge in [-0.25, -0.2) is 4.39 Å². The lowest BCUT2D eigenvalue weighted by atomic mass is 10.1. The number of rotatable bonds is 2. The molecule has 2 rings (SSSR count). The zero-order valence-corrected chi connectivity index (χ0v) is 8.03. The first-order valence-corrected chi connectivity index (χ1v) is 4.38. The molecule has 4 heteroatoms. The smallest absolute Gasteiger partial charge is 0.231 e. The summed E-state index contributed by atoms with van der Waals surface area (Å²) in [7, 11) is 0. The van der Waals surface area contributed by atoms with Crippen molar-refractivity contribution in [1.82, 2.24) is 4.98 Å². The highest BCUT2D eigenvalue weighted by Crippen LogP contribution is 2.16. The highest BCUT2D eigenvalue weighted by atomic mass is 19.1. The summed E-state index contributed by atoms with van der Waals surface area (Å²) in [5.41, 5.74) is 0.666. The summed E-state index contributed by atoms with van der Waals surface area (Å²) in [6.07, 6.45) is 3.78. The molecule has 0 spiro atoms. The summed E-state index contributed by atoms with van der Waals surface area (Å²) in [4.78, 5) is 15.4. The summed E-state index contributed by atoms with van der Waals surface area (Å²) in [6, 6.07) is 2.99. The maximum absolute atomic E-state index is 13.2. The molecule has 2 heterocycles. The van der Waals surface area contributed by atoms with Crippen molar-refractivity contribution < 1.29 is 13.6 Å². The molecule has 0 aliphatic heterocycles. The molecule has 0 fully saturated rings. The molecule has 0 aromatic carbocycles. The minimum Gasteiger partial charge on any atom is -0.461 e. The molecule has 0 N–H and O–H groups in total. The van der Waals surface area contributed by atoms with Crippen LogP contribution in [0.1, 0.15) is 21.7 Å². The van der Waals surface area contributed by atoms with Gasteiger partial charge < -0.3 is 4.42 Å². The van der Waals surface area contributed by atoms with Crippen LogP contribution in [-0.2, 0) is 0 Å². The largest absolute Gasteiger partial charge is 0.461 e. The fourth-order valence-electron chi connectivity index (χ4n) is 1.29. The molecule has 76 valence electrons. The predicted octanol–water partition coefficient (Wildman–Crippen LogP) is 2.35. The van der Waals surface area contributed by atoms with E-state index in [0.717, 1.165) is 6.20 Å². The SMILES string of the molecule is Cc1ccoc1C(=O)c1ccncc1F. The van der Waals surface area contributed by atoms with E-state index in [4.69, 9.17) is 4.42 Å². The molecule has 0 saturated carbocycles. The number of nitrogens with zero attached hydrogens (tertiary/aromatic N) is 1. The Balaban J connectivity index is 2.46. The second-order valence-electron chi connectivity index (χ2n) is 3.12. The maximum atomic E-state index is 13.2. The average Bonchev–Trinajstić information content (AvgIpc) is 2.64. The minimum atomic E-state index is -0.640. The molecule has 0 aliphatic carbocycles. The van der Waals surface area contributed by atoms with Gasteiger partial charge in [0.2, 0.25) is 5.78 Å². The minimum absolute atomic E-state index is 0.0250. The Kier molecular flexibility index (Phi) is 2.33. The van der Waals surface area contributed by atoms with Gasteiger partial charge >= 0.3 is 0 Å². The molecule has 15 heavy (non-hydrogen) atoms. The van der Waals surface area contributed by atoms with Crippen LogP contribution in [0.4, 0.5) is 4.39 Å². The monoisotopic (exact) mass is 205 g/mol. The number of carbonyl (C=O) groups excluding carboxylic acids is 1. The second-order valence-corrected chi connectivity index (χ2v) is 3.12. The van der Waals surface area contributed by atoms with Gasteiger partial charge in [-0.15, -0.1) is 0 Å². The normalized spacial score (nSPS) is 10.3. The van der Waals surface area contributed by atoms with Crippen LogP contribution in [0.2, 0.25) is 0 Å². The van der Waals surface area contributed by atoms with E-state index in [1.165, 1.54) is 18.5 Å². The summed E-state index contributed by atoms with van der Waals surface area (Å²) in [5.74, 6) is -0.934. The fraction of sp³-hybridized carbons (Fsp3) is 0.0909. The Morgan fingerprint density at radius 2 is 2.27 bits per heavy atom. The predicted molar refractivity (Wildman–Crippen MR) is 51.1 cm³/mol. The lowest BCUT2D eigenvalue weighted by Crippen LogP contribution is -2.04. The quantitative estimate of drug-likeness (QED) is 0.707. The van der Waals surface area contributed by atoms with E-state index in [1.807, 2.05) is 0 Å². The molecule has 0 aliphatic rings. The van der Waals surface area contributed by atoms with Crippen molar-refractivity contribution in [3.05, 3.63) is 53.5 Å². The lowest BCUT2D eigenvalue weighted by molar-refractivity contribution is 0.100. The van der Waals surface area contributed by atoms with E-state index >= 15 is 0 Å². The van der Waals surface area contributed by atoms with Gasteiger partial charge in [0, 0.05) is 6.20 Å². The van der Waals surface area contributed by atoms with Gasteiger partial charge in [0.1, 0.15) is 0 Å². The van der Waals surface area contributed by atoms with E-state index in [0.29, 0.717) is 5.56 Å². The molecular weight excluding hydrogens is 197 g/mol. The van der Waals surface area contributed by atoms with E-state index in [2.05, 4.69) is 4.98 Å². The summed E-state index contributed by atoms with van der Waals surface area (Å²) in [6.45, 7) is 1.73. The van der Waals surface area contributed by atoms with Crippen LogP contribution in [-0.4, -0.2) is 10.8 Å². The van der Waals surface area contributed by atoms with Gasteiger partial charge in [-0.2, -0.15) is 0 Å². The van der Waals surface area contributed by atoms with Crippen molar-refractivity contribution in [3.8, 4) is 0 Å². The second kappa shape index (κ2) is 3.65. The molecule has 2 aromatic rings. The third-order valence-electron chi connectivity index (χ3n) is 2.09. The molecule has 0 radical (unpaired) electrons. The zero-order valence-electron chi connectivity index (χ0n) is 8.03. The van der Waals surface area contributed by atoms with Gasteiger partial charge in [0.05, 0.1) is 18.0 Å². The Labute approximate surface area is 85.6 Å². The van der Waals surface area contributed by atoms with Crippen LogP contribution in [0.3, 0.4) is 0 Å². The van der Waals surface area contributed by atoms with Gasteiger partial charge in [-0.05, 0) is 24.6 Å². The van der Waals surface area contributed by atoms with Crippen molar-refractivity contribution in [2.24, 2.45) is 0 Å². The number of furan rings is 1. The van der Waals surface area contributed by atoms with Crippen molar-refractivity contribution >= 4 is 5.78 Å². The molecule has 0 bridgehead atoms. The van der Waals surface area contributed by atoms with Crippen LogP contribution in [0, 0.1) is 12.7 Å². The summed E-state index contributed by atoms with van der Waals surface area (Å²) in [5, 5.41) is 0. The highest BCUT2D eigenvalue weighted by molar-refractivity contribution is 6.08. The Morgan fingerprint density at radius 1 is 1.47 bits per heavy atom. The summed E-state index contributed by atoms with van der Waals surface area (Å²) >= 11 is 0. The first-order chi connectivity index (χ1) is 7.20. The Hall–Kier alpha value is -1.97. The van der Waals surface area contributed by atoms with Gasteiger partial charge in [-0.1, -0.05) is 0 Å². The number of halogens is 1. The van der Waals surface area contributed by atoms with Crippen LogP contribution in [0.5, 0.6) is 0 Å². The molecule has 3 nitrogen and oxygen atoms in total. The Bertz CT molecular complexity index is 505. The van der Waals surface area contributed by atoms with Crippen molar-refractivity contribution in [3.63, 3.8) is 0 Å². The van der Waals surface area contributed by atoms with Crippen molar-refractivity contribution in [2.45, 2.75) is 6.92 Å². The molecule has 0 atom stereocenters. The fourth-order valence-corrected chi connectivity index (χ4v) is 1.29. The van der Waals surface area contributed by atoms with Crippen molar-refractivity contribution in [2.75, 3.05) is 0 Å². The number of carbonyl (C=O) groups is 1. The molecular formula is C11H8FNO2. The Morgan fingerprint density at radius 3 is 2.87 bits per heavy atom. The average molecular weight is 205 g/mol. The van der Waals surface area contributed by atoms with Crippen LogP contribution >= 0.6 is 0 Å². The number of ketones is 1. The highest BCUT2D eigenvalue weighted by Gasteiger charge is 2.18. The number of aryl methyl sites for hydroxylation is 1. The van der Waals surface area contributed by atoms with Gasteiger partial charge in [0.25, 0.3) is 0 Å². The lowest BCUT2D eigenvalue weighted by Gasteiger charge is -1.99. The maximum Gasteiger partial charge on any atom is 0.231 e. The molecule has 0 unspecified atom stereocenters. The third kappa shape index (κ3) is 1.66. The summed E-state index contributed by atoms with van der Waals surface area (Å²) < 4.78 is 18.2. The third-order valence-corrected chi connectivity index (χ3v) is 2.09. The zero-order chi connectivity index (χ0) is 10.8.